The summed E-state index contributed by atoms with van der Waals surface area (Å²) in [6, 6.07) is 0. The number of hydrogen-bond acceptors (Lipinski definition) is 3. The molecule has 0 saturated carbocycles. The summed E-state index contributed by atoms with van der Waals surface area (Å²) in [6.07, 6.45) is 3.70. The van der Waals surface area contributed by atoms with Gasteiger partial charge in [0.05, 0.1) is 13.2 Å². The van der Waals surface area contributed by atoms with E-state index >= 15 is 0 Å². The number of piperidine rings is 1. The highest BCUT2D eigenvalue weighted by Crippen LogP contribution is 2.19. The molecule has 1 aliphatic heterocycles. The van der Waals surface area contributed by atoms with Gasteiger partial charge in [-0.25, -0.2) is 0 Å². The van der Waals surface area contributed by atoms with Gasteiger partial charge in [0.25, 0.3) is 0 Å². The van der Waals surface area contributed by atoms with Crippen LogP contribution < -0.4 is 11.1 Å². The van der Waals surface area contributed by atoms with E-state index in [0.29, 0.717) is 31.4 Å². The number of amides is 1. The fraction of sp³-hybridized carbons (Fsp3) is 0.882. The van der Waals surface area contributed by atoms with Crippen molar-refractivity contribution in [2.24, 2.45) is 22.6 Å². The van der Waals surface area contributed by atoms with Crippen molar-refractivity contribution < 1.29 is 9.53 Å². The quantitative estimate of drug-likeness (QED) is 0.383. The molecule has 0 aromatic carbocycles. The van der Waals surface area contributed by atoms with Gasteiger partial charge in [-0.1, -0.05) is 13.8 Å². The minimum absolute atomic E-state index is 0.211. The van der Waals surface area contributed by atoms with Crippen molar-refractivity contribution in [2.75, 3.05) is 39.4 Å². The Morgan fingerprint density at radius 2 is 2.22 bits per heavy atom. The number of rotatable bonds is 9. The number of primary amides is 1. The Morgan fingerprint density at radius 3 is 2.87 bits per heavy atom. The summed E-state index contributed by atoms with van der Waals surface area (Å²) in [5.74, 6) is 1.73. The van der Waals surface area contributed by atoms with Crippen molar-refractivity contribution >= 4 is 11.9 Å². The molecule has 1 saturated heterocycles. The summed E-state index contributed by atoms with van der Waals surface area (Å²) in [5, 5.41) is 3.34. The molecule has 0 spiro atoms. The lowest BCUT2D eigenvalue weighted by Crippen LogP contribution is -2.47. The second-order valence-electron chi connectivity index (χ2n) is 6.66. The van der Waals surface area contributed by atoms with E-state index in [2.05, 4.69) is 36.0 Å². The normalized spacial score (nSPS) is 19.2. The van der Waals surface area contributed by atoms with Gasteiger partial charge in [-0.2, -0.15) is 0 Å². The zero-order valence-corrected chi connectivity index (χ0v) is 15.0. The third-order valence-corrected chi connectivity index (χ3v) is 3.98. The number of nitrogens with zero attached hydrogens (tertiary/aromatic N) is 2. The van der Waals surface area contributed by atoms with Crippen LogP contribution in [0.5, 0.6) is 0 Å². The topological polar surface area (TPSA) is 80.0 Å². The molecule has 0 aromatic rings. The SMILES string of the molecule is CCNC(=NCCOCCC(C)C)N1CCCC(CC(N)=O)C1. The summed E-state index contributed by atoms with van der Waals surface area (Å²) in [7, 11) is 0. The van der Waals surface area contributed by atoms with Crippen LogP contribution in [0.2, 0.25) is 0 Å². The smallest absolute Gasteiger partial charge is 0.217 e. The largest absolute Gasteiger partial charge is 0.380 e. The molecule has 1 amide bonds. The molecule has 1 unspecified atom stereocenters. The maximum atomic E-state index is 11.1. The van der Waals surface area contributed by atoms with Gasteiger partial charge in [-0.15, -0.1) is 0 Å². The lowest BCUT2D eigenvalue weighted by Gasteiger charge is -2.34. The van der Waals surface area contributed by atoms with Crippen LogP contribution in [0.4, 0.5) is 0 Å². The molecular formula is C17H34N4O2. The summed E-state index contributed by atoms with van der Waals surface area (Å²) >= 11 is 0. The van der Waals surface area contributed by atoms with Crippen LogP contribution in [0.25, 0.3) is 0 Å². The lowest BCUT2D eigenvalue weighted by molar-refractivity contribution is -0.119. The van der Waals surface area contributed by atoms with Crippen molar-refractivity contribution in [3.63, 3.8) is 0 Å². The average molecular weight is 326 g/mol. The number of likely N-dealkylation sites (tertiary alicyclic amines) is 1. The molecule has 6 nitrogen and oxygen atoms in total. The fourth-order valence-corrected chi connectivity index (χ4v) is 2.77. The van der Waals surface area contributed by atoms with Gasteiger partial charge in [-0.3, -0.25) is 9.79 Å². The Hall–Kier alpha value is -1.30. The Morgan fingerprint density at radius 1 is 1.43 bits per heavy atom. The zero-order valence-electron chi connectivity index (χ0n) is 15.0. The highest BCUT2D eigenvalue weighted by molar-refractivity contribution is 5.80. The number of carbonyl (C=O) groups excluding carboxylic acids is 1. The van der Waals surface area contributed by atoms with Gasteiger partial charge in [-0.05, 0) is 38.0 Å². The van der Waals surface area contributed by atoms with Crippen molar-refractivity contribution in [1.29, 1.82) is 0 Å². The Balaban J connectivity index is 2.42. The summed E-state index contributed by atoms with van der Waals surface area (Å²) in [5.41, 5.74) is 5.33. The molecule has 3 N–H and O–H groups in total. The highest BCUT2D eigenvalue weighted by Gasteiger charge is 2.23. The Kier molecular flexibility index (Phi) is 9.67. The van der Waals surface area contributed by atoms with Crippen LogP contribution in [-0.4, -0.2) is 56.2 Å². The predicted octanol–water partition coefficient (Wildman–Crippen LogP) is 1.60. The fourth-order valence-electron chi connectivity index (χ4n) is 2.77. The van der Waals surface area contributed by atoms with Crippen LogP contribution in [0.1, 0.15) is 46.5 Å². The molecule has 6 heteroatoms. The number of hydrogen-bond donors (Lipinski definition) is 2. The number of nitrogens with two attached hydrogens (primary N) is 1. The molecule has 1 rings (SSSR count). The summed E-state index contributed by atoms with van der Waals surface area (Å²) in [6.45, 7) is 11.3. The van der Waals surface area contributed by atoms with Gasteiger partial charge in [0.1, 0.15) is 0 Å². The third kappa shape index (κ3) is 8.79. The first-order valence-electron chi connectivity index (χ1n) is 8.92. The minimum Gasteiger partial charge on any atom is -0.380 e. The van der Waals surface area contributed by atoms with E-state index in [0.717, 1.165) is 51.5 Å². The molecule has 1 aliphatic rings. The molecule has 0 radical (unpaired) electrons. The monoisotopic (exact) mass is 326 g/mol. The van der Waals surface area contributed by atoms with Gasteiger partial charge < -0.3 is 20.7 Å². The number of guanidine groups is 1. The highest BCUT2D eigenvalue weighted by atomic mass is 16.5. The maximum absolute atomic E-state index is 11.1. The molecule has 0 aromatic heterocycles. The van der Waals surface area contributed by atoms with Crippen LogP contribution in [-0.2, 0) is 9.53 Å². The Labute approximate surface area is 140 Å². The first-order chi connectivity index (χ1) is 11.0. The number of nitrogens with one attached hydrogen (secondary N) is 1. The van der Waals surface area contributed by atoms with Crippen LogP contribution in [0, 0.1) is 11.8 Å². The molecule has 1 heterocycles. The van der Waals surface area contributed by atoms with E-state index in [1.54, 1.807) is 0 Å². The van der Waals surface area contributed by atoms with Crippen molar-refractivity contribution in [3.8, 4) is 0 Å². The van der Waals surface area contributed by atoms with E-state index in [-0.39, 0.29) is 5.91 Å². The van der Waals surface area contributed by atoms with Gasteiger partial charge in [0, 0.05) is 32.7 Å². The molecule has 23 heavy (non-hydrogen) atoms. The van der Waals surface area contributed by atoms with Crippen molar-refractivity contribution in [2.45, 2.75) is 46.5 Å². The third-order valence-electron chi connectivity index (χ3n) is 3.98. The molecule has 134 valence electrons. The number of carbonyl (C=O) groups is 1. The van der Waals surface area contributed by atoms with E-state index < -0.39 is 0 Å². The molecule has 0 aliphatic carbocycles. The summed E-state index contributed by atoms with van der Waals surface area (Å²) < 4.78 is 5.62. The first-order valence-corrected chi connectivity index (χ1v) is 8.92. The Bertz CT molecular complexity index is 372. The van der Waals surface area contributed by atoms with Crippen LogP contribution in [0.3, 0.4) is 0 Å². The minimum atomic E-state index is -0.211. The summed E-state index contributed by atoms with van der Waals surface area (Å²) in [4.78, 5) is 18.0. The van der Waals surface area contributed by atoms with Crippen LogP contribution >= 0.6 is 0 Å². The predicted molar refractivity (Wildman–Crippen MR) is 94.4 cm³/mol. The maximum Gasteiger partial charge on any atom is 0.217 e. The van der Waals surface area contributed by atoms with Crippen molar-refractivity contribution in [3.05, 3.63) is 0 Å². The number of aliphatic imine (C=N–C) groups is 1. The second-order valence-corrected chi connectivity index (χ2v) is 6.66. The molecular weight excluding hydrogens is 292 g/mol. The molecule has 1 atom stereocenters. The van der Waals surface area contributed by atoms with E-state index in [1.807, 2.05) is 0 Å². The zero-order chi connectivity index (χ0) is 17.1. The van der Waals surface area contributed by atoms with Gasteiger partial charge in [0.15, 0.2) is 5.96 Å². The standard InChI is InChI=1S/C17H34N4O2/c1-4-19-17(20-8-11-23-10-7-14(2)3)21-9-5-6-15(13-21)12-16(18)22/h14-15H,4-13H2,1-3H3,(H2,18,22)(H,19,20). The second kappa shape index (κ2) is 11.3. The van der Waals surface area contributed by atoms with E-state index in [1.165, 1.54) is 0 Å². The first kappa shape index (κ1) is 19.7. The van der Waals surface area contributed by atoms with Crippen LogP contribution in [0.15, 0.2) is 4.99 Å². The van der Waals surface area contributed by atoms with Crippen molar-refractivity contribution in [1.82, 2.24) is 10.2 Å². The molecule has 1 fully saturated rings. The molecule has 0 bridgehead atoms. The number of ether oxygens (including phenoxy) is 1. The van der Waals surface area contributed by atoms with Gasteiger partial charge in [0.2, 0.25) is 5.91 Å². The van der Waals surface area contributed by atoms with Gasteiger partial charge >= 0.3 is 0 Å². The average Bonchev–Trinajstić information content (AvgIpc) is 2.49. The van der Waals surface area contributed by atoms with E-state index in [9.17, 15) is 4.79 Å². The lowest BCUT2D eigenvalue weighted by atomic mass is 9.95. The van der Waals surface area contributed by atoms with E-state index in [4.69, 9.17) is 10.5 Å².